The lowest BCUT2D eigenvalue weighted by Gasteiger charge is -2.57. The van der Waals surface area contributed by atoms with Crippen LogP contribution in [0.3, 0.4) is 0 Å². The fourth-order valence-corrected chi connectivity index (χ4v) is 5.50. The summed E-state index contributed by atoms with van der Waals surface area (Å²) in [5, 5.41) is 17.8. The van der Waals surface area contributed by atoms with Crippen molar-refractivity contribution in [1.29, 1.82) is 0 Å². The second-order valence-electron chi connectivity index (χ2n) is 11.0. The molecule has 2 aromatic heterocycles. The number of halogens is 1. The van der Waals surface area contributed by atoms with Gasteiger partial charge in [-0.3, -0.25) is 9.59 Å². The molecule has 0 aliphatic heterocycles. The summed E-state index contributed by atoms with van der Waals surface area (Å²) in [5.74, 6) is 0.443. The van der Waals surface area contributed by atoms with Crippen molar-refractivity contribution in [2.24, 2.45) is 11.1 Å². The molecular formula is C27H31ClN4O5. The third kappa shape index (κ3) is 5.67. The maximum absolute atomic E-state index is 12.7. The van der Waals surface area contributed by atoms with Crippen LogP contribution in [0, 0.1) is 5.41 Å². The standard InChI is InChI=1S/C27H31ClN4O5/c1-26(2,35)15-36-19-4-6-22-16(13-30-32(22)14-19)7-24(33)31-18-9-27(10-18)11-20(12-27)37-23-8-17(28)3-5-21(23)25(29)34/h3-6,8,13-14,18,20,35H,7,9-12,15H2,1-2H3,(H2,29,34)(H,31,33). The first kappa shape index (κ1) is 25.4. The molecule has 0 radical (unpaired) electrons. The zero-order valence-electron chi connectivity index (χ0n) is 20.9. The van der Waals surface area contributed by atoms with Gasteiger partial charge in [0.25, 0.3) is 5.91 Å². The van der Waals surface area contributed by atoms with Crippen LogP contribution in [0.15, 0.2) is 42.7 Å². The van der Waals surface area contributed by atoms with E-state index in [0.717, 1.165) is 36.8 Å². The van der Waals surface area contributed by atoms with Crippen molar-refractivity contribution < 1.29 is 24.2 Å². The molecule has 2 aliphatic carbocycles. The first-order valence-corrected chi connectivity index (χ1v) is 12.7. The Morgan fingerprint density at radius 3 is 2.70 bits per heavy atom. The number of nitrogens with two attached hydrogens (primary N) is 1. The SMILES string of the molecule is CC(C)(O)COc1ccc2c(CC(=O)NC3CC4(C3)CC(Oc3cc(Cl)ccc3C(N)=O)C4)cnn2c1. The number of carbonyl (C=O) groups is 2. The average Bonchev–Trinajstić information content (AvgIpc) is 3.16. The number of ether oxygens (including phenoxy) is 2. The Bertz CT molecular complexity index is 1330. The van der Waals surface area contributed by atoms with Crippen LogP contribution in [-0.4, -0.2) is 50.9 Å². The van der Waals surface area contributed by atoms with Crippen LogP contribution in [0.25, 0.3) is 5.52 Å². The Morgan fingerprint density at radius 2 is 2.00 bits per heavy atom. The average molecular weight is 527 g/mol. The summed E-state index contributed by atoms with van der Waals surface area (Å²) in [6, 6.07) is 8.65. The molecule has 3 aromatic rings. The molecule has 2 heterocycles. The van der Waals surface area contributed by atoms with Gasteiger partial charge in [-0.15, -0.1) is 0 Å². The number of rotatable bonds is 9. The highest BCUT2D eigenvalue weighted by Gasteiger charge is 2.54. The molecule has 0 unspecified atom stereocenters. The zero-order chi connectivity index (χ0) is 26.4. The van der Waals surface area contributed by atoms with Crippen molar-refractivity contribution in [1.82, 2.24) is 14.9 Å². The van der Waals surface area contributed by atoms with Crippen molar-refractivity contribution in [3.8, 4) is 11.5 Å². The van der Waals surface area contributed by atoms with Gasteiger partial charge >= 0.3 is 0 Å². The minimum atomic E-state index is -0.930. The van der Waals surface area contributed by atoms with Crippen LogP contribution in [0.5, 0.6) is 11.5 Å². The topological polar surface area (TPSA) is 128 Å². The lowest BCUT2D eigenvalue weighted by molar-refractivity contribution is -0.126. The largest absolute Gasteiger partial charge is 0.490 e. The number of aromatic nitrogens is 2. The van der Waals surface area contributed by atoms with Crippen molar-refractivity contribution in [3.05, 3.63) is 58.9 Å². The molecule has 10 heteroatoms. The molecule has 0 bridgehead atoms. The van der Waals surface area contributed by atoms with Gasteiger partial charge in [-0.1, -0.05) is 11.6 Å². The molecule has 2 fully saturated rings. The third-order valence-corrected chi connectivity index (χ3v) is 7.30. The van der Waals surface area contributed by atoms with Gasteiger partial charge in [0, 0.05) is 16.6 Å². The Kier molecular flexibility index (Phi) is 6.53. The van der Waals surface area contributed by atoms with Gasteiger partial charge in [0.15, 0.2) is 0 Å². The molecular weight excluding hydrogens is 496 g/mol. The molecule has 196 valence electrons. The molecule has 37 heavy (non-hydrogen) atoms. The lowest BCUT2D eigenvalue weighted by atomic mass is 9.53. The van der Waals surface area contributed by atoms with Crippen molar-refractivity contribution in [2.45, 2.75) is 63.7 Å². The number of hydrogen-bond donors (Lipinski definition) is 3. The number of primary amides is 1. The second-order valence-corrected chi connectivity index (χ2v) is 11.4. The van der Waals surface area contributed by atoms with E-state index in [-0.39, 0.29) is 36.5 Å². The first-order valence-electron chi connectivity index (χ1n) is 12.4. The Labute approximate surface area is 219 Å². The molecule has 1 spiro atoms. The van der Waals surface area contributed by atoms with Crippen LogP contribution in [0.1, 0.15) is 55.5 Å². The number of pyridine rings is 1. The van der Waals surface area contributed by atoms with Crippen molar-refractivity contribution in [2.75, 3.05) is 6.61 Å². The van der Waals surface area contributed by atoms with Gasteiger partial charge < -0.3 is 25.6 Å². The third-order valence-electron chi connectivity index (χ3n) is 7.06. The minimum absolute atomic E-state index is 0.00400. The van der Waals surface area contributed by atoms with E-state index in [2.05, 4.69) is 10.4 Å². The van der Waals surface area contributed by atoms with E-state index in [9.17, 15) is 14.7 Å². The summed E-state index contributed by atoms with van der Waals surface area (Å²) in [4.78, 5) is 24.4. The molecule has 2 aliphatic rings. The van der Waals surface area contributed by atoms with Crippen LogP contribution < -0.4 is 20.5 Å². The minimum Gasteiger partial charge on any atom is -0.490 e. The molecule has 5 rings (SSSR count). The van der Waals surface area contributed by atoms with Gasteiger partial charge in [-0.2, -0.15) is 5.10 Å². The number of amides is 2. The van der Waals surface area contributed by atoms with E-state index >= 15 is 0 Å². The van der Waals surface area contributed by atoms with E-state index in [1.165, 1.54) is 0 Å². The van der Waals surface area contributed by atoms with Gasteiger partial charge in [0.05, 0.1) is 41.6 Å². The van der Waals surface area contributed by atoms with Gasteiger partial charge in [0.1, 0.15) is 18.1 Å². The predicted octanol–water partition coefficient (Wildman–Crippen LogP) is 3.29. The fourth-order valence-electron chi connectivity index (χ4n) is 5.34. The van der Waals surface area contributed by atoms with Gasteiger partial charge in [0.2, 0.25) is 5.91 Å². The summed E-state index contributed by atoms with van der Waals surface area (Å²) >= 11 is 6.05. The van der Waals surface area contributed by atoms with E-state index in [4.69, 9.17) is 26.8 Å². The van der Waals surface area contributed by atoms with Gasteiger partial charge in [-0.25, -0.2) is 4.52 Å². The van der Waals surface area contributed by atoms with Gasteiger partial charge in [-0.05, 0) is 75.3 Å². The van der Waals surface area contributed by atoms with Crippen molar-refractivity contribution in [3.63, 3.8) is 0 Å². The summed E-state index contributed by atoms with van der Waals surface area (Å²) in [5.41, 5.74) is 6.70. The predicted molar refractivity (Wildman–Crippen MR) is 138 cm³/mol. The van der Waals surface area contributed by atoms with E-state index in [1.54, 1.807) is 49.0 Å². The fraction of sp³-hybridized carbons (Fsp3) is 0.444. The van der Waals surface area contributed by atoms with E-state index in [1.807, 2.05) is 12.1 Å². The van der Waals surface area contributed by atoms with Crippen LogP contribution in [0.2, 0.25) is 5.02 Å². The van der Waals surface area contributed by atoms with Crippen LogP contribution in [-0.2, 0) is 11.2 Å². The molecule has 4 N–H and O–H groups in total. The summed E-state index contributed by atoms with van der Waals surface area (Å²) < 4.78 is 13.3. The maximum Gasteiger partial charge on any atom is 0.252 e. The Hall–Kier alpha value is -3.30. The summed E-state index contributed by atoms with van der Waals surface area (Å²) in [6.45, 7) is 3.53. The number of nitrogens with zero attached hydrogens (tertiary/aromatic N) is 2. The van der Waals surface area contributed by atoms with Crippen LogP contribution >= 0.6 is 11.6 Å². The molecule has 1 aromatic carbocycles. The number of fused-ring (bicyclic) bond motifs is 1. The lowest BCUT2D eigenvalue weighted by Crippen LogP contribution is -2.59. The molecule has 2 amide bonds. The number of nitrogens with one attached hydrogen (secondary N) is 1. The number of aliphatic hydroxyl groups is 1. The maximum atomic E-state index is 12.7. The quantitative estimate of drug-likeness (QED) is 0.392. The first-order chi connectivity index (χ1) is 17.5. The monoisotopic (exact) mass is 526 g/mol. The van der Waals surface area contributed by atoms with Crippen molar-refractivity contribution >= 4 is 28.9 Å². The second kappa shape index (κ2) is 9.54. The highest BCUT2D eigenvalue weighted by atomic mass is 35.5. The highest BCUT2D eigenvalue weighted by Crippen LogP contribution is 2.57. The molecule has 2 saturated carbocycles. The zero-order valence-corrected chi connectivity index (χ0v) is 21.6. The summed E-state index contributed by atoms with van der Waals surface area (Å²) in [7, 11) is 0. The van der Waals surface area contributed by atoms with E-state index < -0.39 is 11.5 Å². The molecule has 9 nitrogen and oxygen atoms in total. The summed E-state index contributed by atoms with van der Waals surface area (Å²) in [6.07, 6.45) is 7.24. The number of carbonyl (C=O) groups excluding carboxylic acids is 2. The highest BCUT2D eigenvalue weighted by molar-refractivity contribution is 6.30. The van der Waals surface area contributed by atoms with E-state index in [0.29, 0.717) is 22.1 Å². The molecule has 0 saturated heterocycles. The number of benzene rings is 1. The smallest absolute Gasteiger partial charge is 0.252 e. The Balaban J connectivity index is 1.09. The molecule has 0 atom stereocenters. The van der Waals surface area contributed by atoms with Crippen LogP contribution in [0.4, 0.5) is 0 Å². The Morgan fingerprint density at radius 1 is 1.24 bits per heavy atom. The normalized spacial score (nSPS) is 22.8. The number of hydrogen-bond acceptors (Lipinski definition) is 6.